The normalized spacial score (nSPS) is 9.90. The molecule has 4 nitrogen and oxygen atoms in total. The number of carboxylic acid groups (broad SMARTS) is 2. The zero-order chi connectivity index (χ0) is 7.44. The second-order valence-electron chi connectivity index (χ2n) is 1.47. The number of hydrogen-bond donors (Lipinski definition) is 2. The van der Waals surface area contributed by atoms with Crippen molar-refractivity contribution in [3.8, 4) is 0 Å². The molecule has 0 rings (SSSR count). The van der Waals surface area contributed by atoms with Gasteiger partial charge in [0, 0.05) is 28.7 Å². The van der Waals surface area contributed by atoms with E-state index in [2.05, 4.69) is 0 Å². The summed E-state index contributed by atoms with van der Waals surface area (Å²) in [5.41, 5.74) is -0.178. The first-order valence-corrected chi connectivity index (χ1v) is 2.18. The summed E-state index contributed by atoms with van der Waals surface area (Å²) < 4.78 is 0. The quantitative estimate of drug-likeness (QED) is 0.473. The molecule has 0 aromatic heterocycles. The molecule has 0 aliphatic rings. The molecule has 0 saturated heterocycles. The second kappa shape index (κ2) is 5.02. The van der Waals surface area contributed by atoms with Crippen molar-refractivity contribution in [1.29, 1.82) is 0 Å². The molecule has 2 N–H and O–H groups in total. The van der Waals surface area contributed by atoms with Crippen molar-refractivity contribution in [3.63, 3.8) is 0 Å². The van der Waals surface area contributed by atoms with Crippen LogP contribution in [0.5, 0.6) is 0 Å². The average Bonchev–Trinajstić information content (AvgIpc) is 1.63. The van der Waals surface area contributed by atoms with E-state index in [-0.39, 0.29) is 22.6 Å². The van der Waals surface area contributed by atoms with Crippen LogP contribution in [-0.2, 0) is 26.7 Å². The number of aliphatic carboxylic acids is 2. The molecule has 0 unspecified atom stereocenters. The number of carbonyl (C=O) groups is 2. The van der Waals surface area contributed by atoms with Crippen LogP contribution >= 0.6 is 0 Å². The van der Waals surface area contributed by atoms with Crippen LogP contribution in [-0.4, -0.2) is 22.2 Å². The molecule has 0 aromatic carbocycles. The fourth-order valence-electron chi connectivity index (χ4n) is 0.247. The van der Waals surface area contributed by atoms with Gasteiger partial charge >= 0.3 is 11.9 Å². The minimum absolute atomic E-state index is 0. The molecule has 0 fully saturated rings. The molecule has 0 aliphatic carbocycles. The zero-order valence-electron chi connectivity index (χ0n) is 5.14. The smallest absolute Gasteiger partial charge is 0.331 e. The van der Waals surface area contributed by atoms with Crippen LogP contribution in [0.15, 0.2) is 11.6 Å². The van der Waals surface area contributed by atoms with Gasteiger partial charge in [0.1, 0.15) is 0 Å². The largest absolute Gasteiger partial charge is 0.478 e. The molecule has 0 bridgehead atoms. The predicted molar refractivity (Wildman–Crippen MR) is 29.0 cm³/mol. The molecule has 0 amide bonds. The van der Waals surface area contributed by atoms with E-state index in [9.17, 15) is 9.59 Å². The number of hydrogen-bond acceptors (Lipinski definition) is 2. The Morgan fingerprint density at radius 3 is 1.80 bits per heavy atom. The van der Waals surface area contributed by atoms with Crippen LogP contribution in [0, 0.1) is 0 Å². The number of carboxylic acids is 2. The van der Waals surface area contributed by atoms with E-state index in [4.69, 9.17) is 10.2 Å². The topological polar surface area (TPSA) is 74.6 Å². The Morgan fingerprint density at radius 2 is 1.70 bits per heavy atom. The summed E-state index contributed by atoms with van der Waals surface area (Å²) in [7, 11) is 0. The summed E-state index contributed by atoms with van der Waals surface area (Å²) in [5.74, 6) is -2.45. The van der Waals surface area contributed by atoms with Crippen LogP contribution < -0.4 is 0 Å². The standard InChI is InChI=1S/C5H6O4.Fe/c1-3(5(8)9)2-4(6)7;/h2H,1H3,(H,6,7)(H,8,9);/b3-2-;. The molecular formula is C5H6FeO4. The molecule has 0 aromatic rings. The van der Waals surface area contributed by atoms with Crippen LogP contribution in [0.1, 0.15) is 6.92 Å². The monoisotopic (exact) mass is 186 g/mol. The fourth-order valence-corrected chi connectivity index (χ4v) is 0.247. The van der Waals surface area contributed by atoms with Crippen molar-refractivity contribution in [3.05, 3.63) is 11.6 Å². The Labute approximate surface area is 68.0 Å². The Hall–Kier alpha value is -0.801. The molecule has 0 spiro atoms. The van der Waals surface area contributed by atoms with E-state index in [1.165, 1.54) is 6.92 Å². The van der Waals surface area contributed by atoms with E-state index in [1.807, 2.05) is 0 Å². The first-order chi connectivity index (χ1) is 4.04. The first-order valence-electron chi connectivity index (χ1n) is 2.18. The summed E-state index contributed by atoms with van der Waals surface area (Å²) in [4.78, 5) is 19.7. The molecule has 0 atom stereocenters. The van der Waals surface area contributed by atoms with Crippen molar-refractivity contribution >= 4 is 11.9 Å². The Kier molecular flexibility index (Phi) is 5.99. The zero-order valence-corrected chi connectivity index (χ0v) is 6.25. The van der Waals surface area contributed by atoms with Gasteiger partial charge < -0.3 is 10.2 Å². The van der Waals surface area contributed by atoms with Crippen molar-refractivity contribution in [2.75, 3.05) is 0 Å². The molecule has 58 valence electrons. The third kappa shape index (κ3) is 5.34. The Bertz CT molecular complexity index is 172. The van der Waals surface area contributed by atoms with Gasteiger partial charge in [-0.15, -0.1) is 0 Å². The summed E-state index contributed by atoms with van der Waals surface area (Å²) in [6.07, 6.45) is 0.641. The third-order valence-electron chi connectivity index (χ3n) is 0.677. The van der Waals surface area contributed by atoms with Crippen LogP contribution in [0.25, 0.3) is 0 Å². The average molecular weight is 186 g/mol. The first kappa shape index (κ1) is 11.9. The van der Waals surface area contributed by atoms with E-state index < -0.39 is 11.9 Å². The van der Waals surface area contributed by atoms with Crippen LogP contribution in [0.4, 0.5) is 0 Å². The van der Waals surface area contributed by atoms with Crippen molar-refractivity contribution in [2.45, 2.75) is 6.92 Å². The molecule has 0 radical (unpaired) electrons. The van der Waals surface area contributed by atoms with E-state index in [0.29, 0.717) is 6.08 Å². The molecule has 0 saturated carbocycles. The van der Waals surface area contributed by atoms with Gasteiger partial charge in [0.2, 0.25) is 0 Å². The maximum atomic E-state index is 9.90. The van der Waals surface area contributed by atoms with Gasteiger partial charge in [0.05, 0.1) is 0 Å². The van der Waals surface area contributed by atoms with Crippen LogP contribution in [0.3, 0.4) is 0 Å². The molecule has 5 heteroatoms. The van der Waals surface area contributed by atoms with E-state index >= 15 is 0 Å². The Balaban J connectivity index is 0. The molecule has 0 heterocycles. The van der Waals surface area contributed by atoms with Crippen molar-refractivity contribution < 1.29 is 36.9 Å². The summed E-state index contributed by atoms with van der Waals surface area (Å²) in [6, 6.07) is 0. The van der Waals surface area contributed by atoms with Gasteiger partial charge in [0.15, 0.2) is 0 Å². The predicted octanol–water partition coefficient (Wildman–Crippen LogP) is 0.0994. The molecule has 10 heavy (non-hydrogen) atoms. The number of rotatable bonds is 2. The second-order valence-corrected chi connectivity index (χ2v) is 1.47. The molecular weight excluding hydrogens is 180 g/mol. The van der Waals surface area contributed by atoms with Gasteiger partial charge in [0.25, 0.3) is 0 Å². The van der Waals surface area contributed by atoms with Crippen LogP contribution in [0.2, 0.25) is 0 Å². The SMILES string of the molecule is C/C(=C/C(=O)O)C(=O)O.[Fe]. The van der Waals surface area contributed by atoms with Gasteiger partial charge in [-0.05, 0) is 6.92 Å². The fraction of sp³-hybridized carbons (Fsp3) is 0.200. The van der Waals surface area contributed by atoms with Crippen molar-refractivity contribution in [2.24, 2.45) is 0 Å². The van der Waals surface area contributed by atoms with E-state index in [0.717, 1.165) is 0 Å². The van der Waals surface area contributed by atoms with E-state index in [1.54, 1.807) is 0 Å². The van der Waals surface area contributed by atoms with Gasteiger partial charge in [-0.1, -0.05) is 0 Å². The minimum Gasteiger partial charge on any atom is -0.478 e. The van der Waals surface area contributed by atoms with Gasteiger partial charge in [-0.3, -0.25) is 0 Å². The van der Waals surface area contributed by atoms with Gasteiger partial charge in [-0.25, -0.2) is 9.59 Å². The summed E-state index contributed by atoms with van der Waals surface area (Å²) >= 11 is 0. The van der Waals surface area contributed by atoms with Crippen molar-refractivity contribution in [1.82, 2.24) is 0 Å². The van der Waals surface area contributed by atoms with Gasteiger partial charge in [-0.2, -0.15) is 0 Å². The maximum Gasteiger partial charge on any atom is 0.331 e. The minimum atomic E-state index is -1.24. The summed E-state index contributed by atoms with van der Waals surface area (Å²) in [5, 5.41) is 16.1. The molecule has 0 aliphatic heterocycles. The summed E-state index contributed by atoms with van der Waals surface area (Å²) in [6.45, 7) is 1.22. The third-order valence-corrected chi connectivity index (χ3v) is 0.677. The Morgan fingerprint density at radius 1 is 1.30 bits per heavy atom. The maximum absolute atomic E-state index is 9.90.